The average molecular weight is 426 g/mol. The molecule has 5 nitrogen and oxygen atoms in total. The van der Waals surface area contributed by atoms with Crippen LogP contribution in [0.1, 0.15) is 53.4 Å². The van der Waals surface area contributed by atoms with Gasteiger partial charge >= 0.3 is 0 Å². The van der Waals surface area contributed by atoms with Gasteiger partial charge in [0.15, 0.2) is 0 Å². The maximum Gasteiger partial charge on any atom is 0.256 e. The van der Waals surface area contributed by atoms with Crippen LogP contribution in [-0.4, -0.2) is 42.9 Å². The lowest BCUT2D eigenvalue weighted by molar-refractivity contribution is -0.116. The summed E-state index contributed by atoms with van der Waals surface area (Å²) in [6.07, 6.45) is 5.61. The van der Waals surface area contributed by atoms with E-state index in [0.29, 0.717) is 11.3 Å². The van der Waals surface area contributed by atoms with Crippen molar-refractivity contribution in [2.45, 2.75) is 37.5 Å². The molecule has 2 aromatic carbocycles. The number of hydrogen-bond donors (Lipinski definition) is 1. The van der Waals surface area contributed by atoms with Crippen LogP contribution in [-0.2, 0) is 4.79 Å². The molecule has 2 aliphatic heterocycles. The van der Waals surface area contributed by atoms with Crippen molar-refractivity contribution in [1.29, 1.82) is 0 Å². The minimum Gasteiger partial charge on any atom is -0.371 e. The third kappa shape index (κ3) is 4.62. The number of benzene rings is 2. The average Bonchev–Trinajstić information content (AvgIpc) is 3.34. The zero-order chi connectivity index (χ0) is 20.9. The summed E-state index contributed by atoms with van der Waals surface area (Å²) in [4.78, 5) is 30.2. The summed E-state index contributed by atoms with van der Waals surface area (Å²) in [5.41, 5.74) is 2.98. The van der Waals surface area contributed by atoms with Crippen molar-refractivity contribution >= 4 is 34.8 Å². The second kappa shape index (κ2) is 9.52. The topological polar surface area (TPSA) is 52.7 Å². The van der Waals surface area contributed by atoms with Crippen LogP contribution >= 0.6 is 11.6 Å². The van der Waals surface area contributed by atoms with Gasteiger partial charge in [-0.25, -0.2) is 0 Å². The van der Waals surface area contributed by atoms with Gasteiger partial charge in [-0.2, -0.15) is 0 Å². The van der Waals surface area contributed by atoms with E-state index in [1.54, 1.807) is 0 Å². The number of anilines is 2. The minimum atomic E-state index is -0.786. The zero-order valence-corrected chi connectivity index (χ0v) is 17.9. The molecule has 2 aromatic rings. The van der Waals surface area contributed by atoms with Crippen molar-refractivity contribution < 1.29 is 9.59 Å². The standard InChI is InChI=1S/C24H28ClN3O2/c25-22(18-9-3-1-4-10-18)23(29)26-19-11-12-21(27-13-5-2-6-14-27)20(17-19)24(30)28-15-7-8-16-28/h1,3-4,9-12,17,22H,2,5-8,13-16H2,(H,26,29). The molecule has 4 rings (SSSR count). The summed E-state index contributed by atoms with van der Waals surface area (Å²) in [5, 5.41) is 2.11. The zero-order valence-electron chi connectivity index (χ0n) is 17.1. The molecule has 0 bridgehead atoms. The first-order valence-corrected chi connectivity index (χ1v) is 11.3. The number of halogens is 1. The van der Waals surface area contributed by atoms with Gasteiger partial charge in [-0.3, -0.25) is 9.59 Å². The van der Waals surface area contributed by atoms with Crippen molar-refractivity contribution in [1.82, 2.24) is 4.90 Å². The number of alkyl halides is 1. The molecule has 0 radical (unpaired) electrons. The predicted octanol–water partition coefficient (Wildman–Crippen LogP) is 4.83. The third-order valence-corrected chi connectivity index (χ3v) is 6.36. The summed E-state index contributed by atoms with van der Waals surface area (Å²) in [7, 11) is 0. The van der Waals surface area contributed by atoms with Crippen LogP contribution in [0, 0.1) is 0 Å². The van der Waals surface area contributed by atoms with Gasteiger partial charge in [0.2, 0.25) is 5.91 Å². The molecule has 2 amide bonds. The largest absolute Gasteiger partial charge is 0.371 e. The second-order valence-corrected chi connectivity index (χ2v) is 8.48. The lowest BCUT2D eigenvalue weighted by Crippen LogP contribution is -2.34. The van der Waals surface area contributed by atoms with Crippen LogP contribution in [0.3, 0.4) is 0 Å². The fourth-order valence-electron chi connectivity index (χ4n) is 4.27. The Morgan fingerprint density at radius 3 is 2.23 bits per heavy atom. The van der Waals surface area contributed by atoms with Crippen LogP contribution in [0.4, 0.5) is 11.4 Å². The van der Waals surface area contributed by atoms with Crippen LogP contribution in [0.15, 0.2) is 48.5 Å². The molecule has 0 aliphatic carbocycles. The smallest absolute Gasteiger partial charge is 0.256 e. The second-order valence-electron chi connectivity index (χ2n) is 8.04. The van der Waals surface area contributed by atoms with Gasteiger partial charge in [0, 0.05) is 37.6 Å². The molecule has 6 heteroatoms. The molecule has 30 heavy (non-hydrogen) atoms. The number of nitrogens with zero attached hydrogens (tertiary/aromatic N) is 2. The fraction of sp³-hybridized carbons (Fsp3) is 0.417. The molecule has 1 unspecified atom stereocenters. The highest BCUT2D eigenvalue weighted by atomic mass is 35.5. The monoisotopic (exact) mass is 425 g/mol. The van der Waals surface area contributed by atoms with Gasteiger partial charge in [0.05, 0.1) is 5.56 Å². The maximum atomic E-state index is 13.3. The highest BCUT2D eigenvalue weighted by molar-refractivity contribution is 6.32. The van der Waals surface area contributed by atoms with Gasteiger partial charge in [0.1, 0.15) is 5.38 Å². The molecule has 2 heterocycles. The summed E-state index contributed by atoms with van der Waals surface area (Å²) in [5.74, 6) is -0.247. The van der Waals surface area contributed by atoms with E-state index in [9.17, 15) is 9.59 Å². The number of nitrogens with one attached hydrogen (secondary N) is 1. The predicted molar refractivity (Wildman–Crippen MR) is 121 cm³/mol. The van der Waals surface area contributed by atoms with Gasteiger partial charge in [-0.15, -0.1) is 11.6 Å². The van der Waals surface area contributed by atoms with Crippen molar-refractivity contribution in [3.63, 3.8) is 0 Å². The van der Waals surface area contributed by atoms with E-state index < -0.39 is 5.38 Å². The number of piperidine rings is 1. The Morgan fingerprint density at radius 2 is 1.53 bits per heavy atom. The number of likely N-dealkylation sites (tertiary alicyclic amines) is 1. The maximum absolute atomic E-state index is 13.3. The molecule has 2 saturated heterocycles. The van der Waals surface area contributed by atoms with Crippen LogP contribution in [0.2, 0.25) is 0 Å². The lowest BCUT2D eigenvalue weighted by Gasteiger charge is -2.31. The van der Waals surface area contributed by atoms with Crippen molar-refractivity contribution in [3.8, 4) is 0 Å². The Bertz CT molecular complexity index is 891. The van der Waals surface area contributed by atoms with Crippen LogP contribution in [0.25, 0.3) is 0 Å². The van der Waals surface area contributed by atoms with Crippen molar-refractivity contribution in [2.24, 2.45) is 0 Å². The lowest BCUT2D eigenvalue weighted by atomic mass is 10.0. The first-order chi connectivity index (χ1) is 14.6. The molecule has 158 valence electrons. The van der Waals surface area contributed by atoms with Crippen LogP contribution in [0.5, 0.6) is 0 Å². The van der Waals surface area contributed by atoms with E-state index in [1.165, 1.54) is 6.42 Å². The first-order valence-electron chi connectivity index (χ1n) is 10.8. The fourth-order valence-corrected chi connectivity index (χ4v) is 4.47. The van der Waals surface area contributed by atoms with E-state index in [1.807, 2.05) is 53.4 Å². The number of carbonyl (C=O) groups excluding carboxylic acids is 2. The quantitative estimate of drug-likeness (QED) is 0.698. The Hall–Kier alpha value is -2.53. The molecule has 0 aromatic heterocycles. The molecule has 2 fully saturated rings. The van der Waals surface area contributed by atoms with Crippen molar-refractivity contribution in [3.05, 3.63) is 59.7 Å². The Labute approximate surface area is 183 Å². The number of carbonyl (C=O) groups is 2. The van der Waals surface area contributed by atoms with Gasteiger partial charge < -0.3 is 15.1 Å². The van der Waals surface area contributed by atoms with E-state index in [0.717, 1.165) is 63.1 Å². The molecule has 0 saturated carbocycles. The van der Waals surface area contributed by atoms with Gasteiger partial charge in [-0.05, 0) is 55.9 Å². The summed E-state index contributed by atoms with van der Waals surface area (Å²) < 4.78 is 0. The summed E-state index contributed by atoms with van der Waals surface area (Å²) >= 11 is 6.37. The summed E-state index contributed by atoms with van der Waals surface area (Å²) in [6, 6.07) is 14.9. The summed E-state index contributed by atoms with van der Waals surface area (Å²) in [6.45, 7) is 3.52. The number of amides is 2. The molecular formula is C24H28ClN3O2. The highest BCUT2D eigenvalue weighted by Crippen LogP contribution is 2.30. The molecule has 0 spiro atoms. The first kappa shape index (κ1) is 20.7. The van der Waals surface area contributed by atoms with Gasteiger partial charge in [0.25, 0.3) is 5.91 Å². The Morgan fingerprint density at radius 1 is 0.867 bits per heavy atom. The molecule has 1 atom stereocenters. The van der Waals surface area contributed by atoms with E-state index in [-0.39, 0.29) is 11.8 Å². The SMILES string of the molecule is O=C(Nc1ccc(N2CCCCC2)c(C(=O)N2CCCC2)c1)C(Cl)c1ccccc1. The number of rotatable bonds is 5. The Kier molecular flexibility index (Phi) is 6.58. The number of hydrogen-bond acceptors (Lipinski definition) is 3. The Balaban J connectivity index is 1.58. The molecular weight excluding hydrogens is 398 g/mol. The molecule has 1 N–H and O–H groups in total. The third-order valence-electron chi connectivity index (χ3n) is 5.91. The van der Waals surface area contributed by atoms with E-state index >= 15 is 0 Å². The van der Waals surface area contributed by atoms with Crippen LogP contribution < -0.4 is 10.2 Å². The van der Waals surface area contributed by atoms with Gasteiger partial charge in [-0.1, -0.05) is 30.3 Å². The molecule has 2 aliphatic rings. The van der Waals surface area contributed by atoms with Crippen molar-refractivity contribution in [2.75, 3.05) is 36.4 Å². The minimum absolute atomic E-state index is 0.0506. The van der Waals surface area contributed by atoms with E-state index in [4.69, 9.17) is 11.6 Å². The highest BCUT2D eigenvalue weighted by Gasteiger charge is 2.26. The normalized spacial score (nSPS) is 17.6. The van der Waals surface area contributed by atoms with E-state index in [2.05, 4.69) is 10.2 Å².